The van der Waals surface area contributed by atoms with Gasteiger partial charge in [0.1, 0.15) is 34.3 Å². The van der Waals surface area contributed by atoms with Gasteiger partial charge in [0, 0.05) is 26.1 Å². The lowest BCUT2D eigenvalue weighted by atomic mass is 10.0. The molecule has 0 radical (unpaired) electrons. The Morgan fingerprint density at radius 1 is 0.490 bits per heavy atom. The molecule has 4 aromatic carbocycles. The fraction of sp³-hybridized carbons (Fsp3) is 0.282. The van der Waals surface area contributed by atoms with Gasteiger partial charge in [0.15, 0.2) is 0 Å². The van der Waals surface area contributed by atoms with Crippen LogP contribution in [0.1, 0.15) is 73.3 Å². The smallest absolute Gasteiger partial charge is 0.253 e. The average molecular weight is 663 g/mol. The molecule has 6 rings (SSSR count). The molecule has 6 aromatic rings. The van der Waals surface area contributed by atoms with E-state index < -0.39 is 21.7 Å². The van der Waals surface area contributed by atoms with Gasteiger partial charge in [-0.3, -0.25) is 19.2 Å². The van der Waals surface area contributed by atoms with Crippen molar-refractivity contribution in [2.45, 2.75) is 65.6 Å². The Bertz CT molecular complexity index is 2060. The molecule has 10 nitrogen and oxygen atoms in total. The van der Waals surface area contributed by atoms with Gasteiger partial charge in [0.25, 0.3) is 21.7 Å². The van der Waals surface area contributed by atoms with E-state index in [-0.39, 0.29) is 0 Å². The number of anilines is 4. The quantitative estimate of drug-likeness (QED) is 0.0902. The fourth-order valence-electron chi connectivity index (χ4n) is 5.23. The summed E-state index contributed by atoms with van der Waals surface area (Å²) in [7, 11) is 0. The summed E-state index contributed by atoms with van der Waals surface area (Å²) in [5, 5.41) is 12.1. The van der Waals surface area contributed by atoms with Crippen LogP contribution in [0.3, 0.4) is 0 Å². The third kappa shape index (κ3) is 8.64. The van der Waals surface area contributed by atoms with Crippen molar-refractivity contribution in [2.24, 2.45) is 0 Å². The molecule has 0 aliphatic rings. The van der Waals surface area contributed by atoms with Crippen molar-refractivity contribution in [3.63, 3.8) is 0 Å². The van der Waals surface area contributed by atoms with E-state index in [1.807, 2.05) is 42.5 Å². The van der Waals surface area contributed by atoms with Gasteiger partial charge in [0.2, 0.25) is 0 Å². The zero-order chi connectivity index (χ0) is 34.9. The zero-order valence-corrected chi connectivity index (χ0v) is 28.2. The first kappa shape index (κ1) is 34.7. The van der Waals surface area contributed by atoms with Gasteiger partial charge in [-0.25, -0.2) is 0 Å². The molecule has 0 fully saturated rings. The molecule has 0 saturated carbocycles. The van der Waals surface area contributed by atoms with Crippen molar-refractivity contribution >= 4 is 22.7 Å². The lowest BCUT2D eigenvalue weighted by Crippen LogP contribution is -2.37. The SMILES string of the molecule is CC(C)c1ccc(CNc2c(NCCc3ccco3)c(=O)c2=O)cc1.CC(C)c1ccc(CNc2c(NCc3ccco3)c(=O)c2=O)cc1. The number of hydrogen-bond acceptors (Lipinski definition) is 10. The van der Waals surface area contributed by atoms with Crippen LogP contribution in [0, 0.1) is 0 Å². The minimum atomic E-state index is -0.487. The van der Waals surface area contributed by atoms with Crippen LogP contribution >= 0.6 is 0 Å². The largest absolute Gasteiger partial charge is 0.469 e. The summed E-state index contributed by atoms with van der Waals surface area (Å²) < 4.78 is 10.5. The number of furan rings is 2. The molecule has 0 amide bonds. The maximum atomic E-state index is 11.8. The van der Waals surface area contributed by atoms with Crippen LogP contribution in [0.5, 0.6) is 0 Å². The van der Waals surface area contributed by atoms with E-state index in [4.69, 9.17) is 8.83 Å². The van der Waals surface area contributed by atoms with Gasteiger partial charge in [-0.1, -0.05) is 76.2 Å². The molecule has 10 heteroatoms. The average Bonchev–Trinajstić information content (AvgIpc) is 3.84. The molecule has 0 bridgehead atoms. The van der Waals surface area contributed by atoms with E-state index >= 15 is 0 Å². The maximum absolute atomic E-state index is 11.8. The molecule has 2 aromatic heterocycles. The second-order valence-electron chi connectivity index (χ2n) is 12.5. The molecule has 49 heavy (non-hydrogen) atoms. The lowest BCUT2D eigenvalue weighted by Gasteiger charge is -2.15. The van der Waals surface area contributed by atoms with Crippen molar-refractivity contribution in [1.29, 1.82) is 0 Å². The summed E-state index contributed by atoms with van der Waals surface area (Å²) in [5.41, 5.74) is 4.21. The second kappa shape index (κ2) is 16.0. The molecular formula is C39H42N4O6. The van der Waals surface area contributed by atoms with Gasteiger partial charge in [-0.05, 0) is 58.4 Å². The minimum Gasteiger partial charge on any atom is -0.469 e. The Morgan fingerprint density at radius 3 is 1.27 bits per heavy atom. The number of nitrogens with one attached hydrogen (secondary N) is 4. The van der Waals surface area contributed by atoms with Gasteiger partial charge in [-0.2, -0.15) is 0 Å². The summed E-state index contributed by atoms with van der Waals surface area (Å²) >= 11 is 0. The minimum absolute atomic E-state index is 0.329. The highest BCUT2D eigenvalue weighted by Crippen LogP contribution is 2.20. The summed E-state index contributed by atoms with van der Waals surface area (Å²) in [4.78, 5) is 47.0. The van der Waals surface area contributed by atoms with Crippen molar-refractivity contribution in [3.8, 4) is 0 Å². The lowest BCUT2D eigenvalue weighted by molar-refractivity contribution is 0.513. The fourth-order valence-corrected chi connectivity index (χ4v) is 5.23. The standard InChI is InChI=1S/C20H22N2O3.C19H20N2O3/c1-13(2)15-7-5-14(6-8-15)12-22-18-17(19(23)20(18)24)21-10-9-16-4-3-11-25-16;1-12(2)14-7-5-13(6-8-14)10-20-16-17(19(23)18(16)22)21-11-15-4-3-9-24-15/h3-8,11,13,21-22H,9-10,12H2,1-2H3;3-9,12,20-21H,10-11H2,1-2H3. The predicted molar refractivity (Wildman–Crippen MR) is 195 cm³/mol. The Hall–Kier alpha value is -5.64. The van der Waals surface area contributed by atoms with E-state index in [0.717, 1.165) is 16.9 Å². The Morgan fingerprint density at radius 2 is 0.878 bits per heavy atom. The summed E-state index contributed by atoms with van der Waals surface area (Å²) in [6.07, 6.45) is 3.84. The molecule has 2 heterocycles. The molecular weight excluding hydrogens is 620 g/mol. The van der Waals surface area contributed by atoms with Gasteiger partial charge < -0.3 is 30.1 Å². The predicted octanol–water partition coefficient (Wildman–Crippen LogP) is 6.49. The van der Waals surface area contributed by atoms with Crippen LogP contribution in [0.4, 0.5) is 22.7 Å². The first-order valence-electron chi connectivity index (χ1n) is 16.5. The van der Waals surface area contributed by atoms with Crippen LogP contribution < -0.4 is 43.0 Å². The number of benzene rings is 2. The summed E-state index contributed by atoms with van der Waals surface area (Å²) in [6.45, 7) is 10.5. The number of rotatable bonds is 15. The first-order chi connectivity index (χ1) is 23.6. The second-order valence-corrected chi connectivity index (χ2v) is 12.5. The van der Waals surface area contributed by atoms with Crippen LogP contribution in [0.15, 0.2) is 113 Å². The normalized spacial score (nSPS) is 11.1. The third-order valence-corrected chi connectivity index (χ3v) is 8.32. The summed E-state index contributed by atoms with van der Waals surface area (Å²) in [6, 6.07) is 23.8. The highest BCUT2D eigenvalue weighted by Gasteiger charge is 2.21. The molecule has 0 spiro atoms. The molecule has 0 saturated heterocycles. The van der Waals surface area contributed by atoms with Crippen molar-refractivity contribution in [2.75, 3.05) is 27.8 Å². The Balaban J connectivity index is 0.000000191. The maximum Gasteiger partial charge on any atom is 0.253 e. The molecule has 0 aliphatic heterocycles. The van der Waals surface area contributed by atoms with E-state index in [1.165, 1.54) is 11.1 Å². The van der Waals surface area contributed by atoms with Gasteiger partial charge in [-0.15, -0.1) is 0 Å². The highest BCUT2D eigenvalue weighted by atomic mass is 16.3. The van der Waals surface area contributed by atoms with Crippen molar-refractivity contribution < 1.29 is 8.83 Å². The Labute approximate surface area is 284 Å². The van der Waals surface area contributed by atoms with E-state index in [9.17, 15) is 19.2 Å². The highest BCUT2D eigenvalue weighted by molar-refractivity contribution is 5.74. The van der Waals surface area contributed by atoms with Crippen LogP contribution in [-0.2, 0) is 26.1 Å². The Kier molecular flexibility index (Phi) is 11.3. The van der Waals surface area contributed by atoms with Crippen molar-refractivity contribution in [1.82, 2.24) is 0 Å². The van der Waals surface area contributed by atoms with Crippen LogP contribution in [0.2, 0.25) is 0 Å². The molecule has 4 N–H and O–H groups in total. The molecule has 0 aliphatic carbocycles. The van der Waals surface area contributed by atoms with Gasteiger partial charge >= 0.3 is 0 Å². The van der Waals surface area contributed by atoms with Crippen LogP contribution in [-0.4, -0.2) is 6.54 Å². The van der Waals surface area contributed by atoms with Crippen molar-refractivity contribution in [3.05, 3.63) is 160 Å². The zero-order valence-electron chi connectivity index (χ0n) is 28.2. The van der Waals surface area contributed by atoms with Gasteiger partial charge in [0.05, 0.1) is 19.1 Å². The summed E-state index contributed by atoms with van der Waals surface area (Å²) in [5.74, 6) is 2.52. The van der Waals surface area contributed by atoms with E-state index in [0.29, 0.717) is 72.9 Å². The number of hydrogen-bond donors (Lipinski definition) is 4. The molecule has 0 unspecified atom stereocenters. The molecule has 0 atom stereocenters. The first-order valence-corrected chi connectivity index (χ1v) is 16.5. The topological polar surface area (TPSA) is 143 Å². The van der Waals surface area contributed by atoms with E-state index in [2.05, 4.69) is 73.2 Å². The van der Waals surface area contributed by atoms with E-state index in [1.54, 1.807) is 18.6 Å². The molecule has 254 valence electrons. The third-order valence-electron chi connectivity index (χ3n) is 8.32. The monoisotopic (exact) mass is 662 g/mol. The van der Waals surface area contributed by atoms with Crippen LogP contribution in [0.25, 0.3) is 0 Å².